The van der Waals surface area contributed by atoms with Gasteiger partial charge in [-0.1, -0.05) is 19.6 Å². The fraction of sp³-hybridized carbons (Fsp3) is 0.400. The fourth-order valence-electron chi connectivity index (χ4n) is 1.98. The summed E-state index contributed by atoms with van der Waals surface area (Å²) < 4.78 is 21.5. The molecule has 0 bridgehead atoms. The molecule has 0 aliphatic carbocycles. The molecule has 3 nitrogen and oxygen atoms in total. The molecule has 114 valence electrons. The van der Waals surface area contributed by atoms with Crippen LogP contribution in [0.5, 0.6) is 0 Å². The topological polar surface area (TPSA) is 31.2 Å². The van der Waals surface area contributed by atoms with Gasteiger partial charge >= 0.3 is 0 Å². The molecule has 1 heterocycles. The van der Waals surface area contributed by atoms with Crippen molar-refractivity contribution in [1.29, 1.82) is 0 Å². The minimum atomic E-state index is -1.16. The van der Waals surface area contributed by atoms with E-state index in [4.69, 9.17) is 4.74 Å². The third-order valence-electron chi connectivity index (χ3n) is 3.28. The Labute approximate surface area is 132 Å². The van der Waals surface area contributed by atoms with Gasteiger partial charge in [-0.2, -0.15) is 0 Å². The van der Waals surface area contributed by atoms with Crippen molar-refractivity contribution in [2.24, 2.45) is 0 Å². The number of hydrogen-bond donors (Lipinski definition) is 0. The standard InChI is InChI=1S/C15H19BrFNO2Si/c1-21(2,3)9-8-20-10-18-13-6-5-12(16)15(17)11(13)4-7-14(18)19/h4-7H,8-10H2,1-3H3. The zero-order chi connectivity index (χ0) is 15.6. The van der Waals surface area contributed by atoms with Gasteiger partial charge in [0.25, 0.3) is 5.56 Å². The molecule has 0 saturated heterocycles. The molecule has 0 saturated carbocycles. The molecule has 1 aromatic carbocycles. The van der Waals surface area contributed by atoms with Crippen molar-refractivity contribution >= 4 is 34.9 Å². The summed E-state index contributed by atoms with van der Waals surface area (Å²) in [6, 6.07) is 7.25. The van der Waals surface area contributed by atoms with Crippen molar-refractivity contribution in [1.82, 2.24) is 4.57 Å². The second-order valence-corrected chi connectivity index (χ2v) is 12.7. The maximum Gasteiger partial charge on any atom is 0.252 e. The SMILES string of the molecule is C[Si](C)(C)CCOCn1c(=O)ccc2c(F)c(Br)ccc21. The predicted molar refractivity (Wildman–Crippen MR) is 90.0 cm³/mol. The lowest BCUT2D eigenvalue weighted by Gasteiger charge is -2.16. The molecule has 0 aliphatic rings. The molecule has 2 aromatic rings. The summed E-state index contributed by atoms with van der Waals surface area (Å²) >= 11 is 3.16. The highest BCUT2D eigenvalue weighted by Gasteiger charge is 2.13. The van der Waals surface area contributed by atoms with Gasteiger partial charge in [-0.15, -0.1) is 0 Å². The van der Waals surface area contributed by atoms with Crippen LogP contribution >= 0.6 is 15.9 Å². The highest BCUT2D eigenvalue weighted by atomic mass is 79.9. The number of fused-ring (bicyclic) bond motifs is 1. The van der Waals surface area contributed by atoms with E-state index in [0.717, 1.165) is 6.04 Å². The Kier molecular flexibility index (Phi) is 5.01. The largest absolute Gasteiger partial charge is 0.361 e. The van der Waals surface area contributed by atoms with Gasteiger partial charge < -0.3 is 4.74 Å². The van der Waals surface area contributed by atoms with Gasteiger partial charge in [0.15, 0.2) is 0 Å². The molecule has 6 heteroatoms. The Balaban J connectivity index is 2.25. The van der Waals surface area contributed by atoms with E-state index >= 15 is 0 Å². The summed E-state index contributed by atoms with van der Waals surface area (Å²) in [5.41, 5.74) is 0.369. The van der Waals surface area contributed by atoms with E-state index in [1.165, 1.54) is 16.7 Å². The molecule has 0 N–H and O–H groups in total. The van der Waals surface area contributed by atoms with Gasteiger partial charge in [0, 0.05) is 26.1 Å². The van der Waals surface area contributed by atoms with E-state index in [1.54, 1.807) is 12.1 Å². The Bertz CT molecular complexity index is 709. The average molecular weight is 372 g/mol. The van der Waals surface area contributed by atoms with Crippen molar-refractivity contribution < 1.29 is 9.13 Å². The number of rotatable bonds is 5. The van der Waals surface area contributed by atoms with Gasteiger partial charge in [0.05, 0.1) is 9.99 Å². The number of halogens is 2. The molecule has 0 atom stereocenters. The zero-order valence-corrected chi connectivity index (χ0v) is 15.0. The van der Waals surface area contributed by atoms with Crippen LogP contribution in [0, 0.1) is 5.82 Å². The molecule has 0 unspecified atom stereocenters. The first kappa shape index (κ1) is 16.4. The molecule has 2 rings (SSSR count). The first-order valence-corrected chi connectivity index (χ1v) is 11.3. The summed E-state index contributed by atoms with van der Waals surface area (Å²) in [6.45, 7) is 7.59. The number of aromatic nitrogens is 1. The summed E-state index contributed by atoms with van der Waals surface area (Å²) in [7, 11) is -1.16. The maximum atomic E-state index is 14.1. The summed E-state index contributed by atoms with van der Waals surface area (Å²) in [5.74, 6) is -0.358. The van der Waals surface area contributed by atoms with E-state index < -0.39 is 8.07 Å². The molecular formula is C15H19BrFNO2Si. The molecule has 21 heavy (non-hydrogen) atoms. The van der Waals surface area contributed by atoms with E-state index in [-0.39, 0.29) is 18.1 Å². The van der Waals surface area contributed by atoms with Crippen LogP contribution in [0.3, 0.4) is 0 Å². The lowest BCUT2D eigenvalue weighted by molar-refractivity contribution is 0.0878. The van der Waals surface area contributed by atoms with Crippen molar-refractivity contribution in [3.05, 3.63) is 44.9 Å². The highest BCUT2D eigenvalue weighted by Crippen LogP contribution is 2.23. The second kappa shape index (κ2) is 6.42. The van der Waals surface area contributed by atoms with Crippen LogP contribution in [0.25, 0.3) is 10.9 Å². The third-order valence-corrected chi connectivity index (χ3v) is 5.59. The number of ether oxygens (including phenoxy) is 1. The lowest BCUT2D eigenvalue weighted by atomic mass is 10.2. The first-order valence-electron chi connectivity index (χ1n) is 6.85. The van der Waals surface area contributed by atoms with Crippen molar-refractivity contribution in [3.63, 3.8) is 0 Å². The van der Waals surface area contributed by atoms with Crippen molar-refractivity contribution in [2.75, 3.05) is 6.61 Å². The maximum absolute atomic E-state index is 14.1. The monoisotopic (exact) mass is 371 g/mol. The minimum Gasteiger partial charge on any atom is -0.361 e. The number of pyridine rings is 1. The van der Waals surface area contributed by atoms with Gasteiger partial charge in [0.2, 0.25) is 0 Å². The van der Waals surface area contributed by atoms with Crippen LogP contribution in [0.1, 0.15) is 0 Å². The van der Waals surface area contributed by atoms with Crippen LogP contribution in [0.2, 0.25) is 25.7 Å². The van der Waals surface area contributed by atoms with E-state index in [2.05, 4.69) is 35.6 Å². The Hall–Kier alpha value is -0.983. The first-order chi connectivity index (χ1) is 9.79. The lowest BCUT2D eigenvalue weighted by Crippen LogP contribution is -2.24. The molecular weight excluding hydrogens is 353 g/mol. The molecule has 0 spiro atoms. The minimum absolute atomic E-state index is 0.154. The van der Waals surface area contributed by atoms with E-state index in [0.29, 0.717) is 22.0 Å². The van der Waals surface area contributed by atoms with Crippen LogP contribution < -0.4 is 5.56 Å². The van der Waals surface area contributed by atoms with Gasteiger partial charge in [0.1, 0.15) is 12.5 Å². The predicted octanol–water partition coefficient (Wildman–Crippen LogP) is 4.22. The quantitative estimate of drug-likeness (QED) is 0.582. The van der Waals surface area contributed by atoms with Gasteiger partial charge in [-0.25, -0.2) is 4.39 Å². The molecule has 0 aliphatic heterocycles. The summed E-state index contributed by atoms with van der Waals surface area (Å²) in [6.07, 6.45) is 0. The summed E-state index contributed by atoms with van der Waals surface area (Å²) in [5, 5.41) is 0.415. The van der Waals surface area contributed by atoms with Gasteiger partial charge in [-0.3, -0.25) is 9.36 Å². The van der Waals surface area contributed by atoms with Crippen molar-refractivity contribution in [3.8, 4) is 0 Å². The fourth-order valence-corrected chi connectivity index (χ4v) is 3.08. The number of benzene rings is 1. The van der Waals surface area contributed by atoms with Crippen LogP contribution in [-0.4, -0.2) is 19.2 Å². The van der Waals surface area contributed by atoms with Crippen LogP contribution in [-0.2, 0) is 11.5 Å². The van der Waals surface area contributed by atoms with Gasteiger partial charge in [-0.05, 0) is 40.2 Å². The van der Waals surface area contributed by atoms with Crippen LogP contribution in [0.15, 0.2) is 33.5 Å². The highest BCUT2D eigenvalue weighted by molar-refractivity contribution is 9.10. The summed E-state index contributed by atoms with van der Waals surface area (Å²) in [4.78, 5) is 12.0. The Morgan fingerprint density at radius 1 is 1.24 bits per heavy atom. The number of hydrogen-bond acceptors (Lipinski definition) is 2. The average Bonchev–Trinajstić information content (AvgIpc) is 2.39. The molecule has 0 fully saturated rings. The van der Waals surface area contributed by atoms with E-state index in [1.807, 2.05) is 0 Å². The zero-order valence-electron chi connectivity index (χ0n) is 12.5. The normalized spacial score (nSPS) is 12.0. The second-order valence-electron chi connectivity index (χ2n) is 6.24. The Morgan fingerprint density at radius 3 is 2.62 bits per heavy atom. The van der Waals surface area contributed by atoms with Crippen LogP contribution in [0.4, 0.5) is 4.39 Å². The number of nitrogens with zero attached hydrogens (tertiary/aromatic N) is 1. The molecule has 0 radical (unpaired) electrons. The third kappa shape index (κ3) is 4.02. The smallest absolute Gasteiger partial charge is 0.252 e. The van der Waals surface area contributed by atoms with Crippen molar-refractivity contribution in [2.45, 2.75) is 32.4 Å². The molecule has 0 amide bonds. The molecule has 1 aromatic heterocycles. The Morgan fingerprint density at radius 2 is 1.95 bits per heavy atom. The van der Waals surface area contributed by atoms with E-state index in [9.17, 15) is 9.18 Å².